The summed E-state index contributed by atoms with van der Waals surface area (Å²) in [6, 6.07) is 14.9. The zero-order valence-electron chi connectivity index (χ0n) is 20.6. The third-order valence-corrected chi connectivity index (χ3v) is 5.89. The second-order valence-corrected chi connectivity index (χ2v) is 8.80. The lowest BCUT2D eigenvalue weighted by Crippen LogP contribution is -2.41. The first kappa shape index (κ1) is 25.4. The van der Waals surface area contributed by atoms with Gasteiger partial charge in [-0.05, 0) is 55.8 Å². The van der Waals surface area contributed by atoms with Gasteiger partial charge in [-0.15, -0.1) is 0 Å². The van der Waals surface area contributed by atoms with Crippen molar-refractivity contribution in [2.75, 3.05) is 12.3 Å². The molecule has 2 aliphatic rings. The van der Waals surface area contributed by atoms with E-state index < -0.39 is 0 Å². The Morgan fingerprint density at radius 1 is 1.11 bits per heavy atom. The van der Waals surface area contributed by atoms with E-state index in [0.717, 1.165) is 11.8 Å². The van der Waals surface area contributed by atoms with E-state index in [1.807, 2.05) is 19.9 Å². The van der Waals surface area contributed by atoms with Crippen LogP contribution in [-0.4, -0.2) is 30.9 Å². The van der Waals surface area contributed by atoms with Gasteiger partial charge in [0, 0.05) is 64.5 Å². The maximum Gasteiger partial charge on any atom is 0.298 e. The molecule has 0 radical (unpaired) electrons. The standard InChI is InChI=1S/C28H28N4O5/c1-3-4-26(34)32-16(2)14-31-28(35)17-5-8-20(23(11-17)36-15-33)27-21-9-6-18(29)12-24(21)37-25-13-19(30)7-10-22(25)27/h5-13,15-16,29H,3-4,14,30H2,1-2H3,(H,31,35)(H,32,34). The smallest absolute Gasteiger partial charge is 0.298 e. The second kappa shape index (κ2) is 10.9. The fourth-order valence-electron chi connectivity index (χ4n) is 4.19. The minimum atomic E-state index is -0.372. The Morgan fingerprint density at radius 2 is 1.89 bits per heavy atom. The van der Waals surface area contributed by atoms with Crippen LogP contribution >= 0.6 is 0 Å². The molecule has 37 heavy (non-hydrogen) atoms. The third kappa shape index (κ3) is 5.61. The summed E-state index contributed by atoms with van der Waals surface area (Å²) in [5.41, 5.74) is 9.27. The van der Waals surface area contributed by atoms with Crippen molar-refractivity contribution >= 4 is 34.9 Å². The molecule has 1 atom stereocenters. The van der Waals surface area contributed by atoms with Crippen molar-refractivity contribution in [2.45, 2.75) is 32.7 Å². The Hall–Kier alpha value is -4.66. The van der Waals surface area contributed by atoms with Crippen molar-refractivity contribution in [3.8, 4) is 28.2 Å². The Morgan fingerprint density at radius 3 is 2.65 bits per heavy atom. The maximum absolute atomic E-state index is 12.8. The number of anilines is 1. The molecular formula is C28H28N4O5. The van der Waals surface area contributed by atoms with Gasteiger partial charge in [-0.2, -0.15) is 0 Å². The molecule has 2 amide bonds. The summed E-state index contributed by atoms with van der Waals surface area (Å²) in [7, 11) is 0. The first-order chi connectivity index (χ1) is 17.8. The number of nitrogens with two attached hydrogens (primary N) is 1. The van der Waals surface area contributed by atoms with Crippen LogP contribution in [0, 0.1) is 5.41 Å². The highest BCUT2D eigenvalue weighted by Crippen LogP contribution is 2.43. The van der Waals surface area contributed by atoms with E-state index >= 15 is 0 Å². The lowest BCUT2D eigenvalue weighted by Gasteiger charge is -2.18. The summed E-state index contributed by atoms with van der Waals surface area (Å²) < 4.78 is 11.3. The van der Waals surface area contributed by atoms with E-state index in [1.165, 1.54) is 6.07 Å². The van der Waals surface area contributed by atoms with Gasteiger partial charge in [-0.25, -0.2) is 0 Å². The molecule has 0 bridgehead atoms. The van der Waals surface area contributed by atoms with Crippen LogP contribution in [-0.2, 0) is 9.59 Å². The maximum atomic E-state index is 12.8. The summed E-state index contributed by atoms with van der Waals surface area (Å²) in [5.74, 6) is 0.220. The number of nitrogens with one attached hydrogen (secondary N) is 3. The van der Waals surface area contributed by atoms with E-state index in [1.54, 1.807) is 42.5 Å². The number of carbonyl (C=O) groups excluding carboxylic acids is 3. The van der Waals surface area contributed by atoms with Gasteiger partial charge >= 0.3 is 0 Å². The van der Waals surface area contributed by atoms with Crippen molar-refractivity contribution < 1.29 is 23.5 Å². The van der Waals surface area contributed by atoms with Crippen LogP contribution in [0.2, 0.25) is 0 Å². The molecule has 0 saturated carbocycles. The molecule has 2 aromatic rings. The second-order valence-electron chi connectivity index (χ2n) is 8.80. The molecule has 1 aliphatic carbocycles. The Balaban J connectivity index is 1.73. The van der Waals surface area contributed by atoms with Gasteiger partial charge < -0.3 is 30.9 Å². The minimum absolute atomic E-state index is 0.0661. The van der Waals surface area contributed by atoms with Crippen LogP contribution in [0.5, 0.6) is 5.75 Å². The van der Waals surface area contributed by atoms with Crippen LogP contribution in [0.1, 0.15) is 37.0 Å². The predicted molar refractivity (Wildman–Crippen MR) is 140 cm³/mol. The lowest BCUT2D eigenvalue weighted by atomic mass is 9.92. The molecule has 2 aromatic carbocycles. The number of amides is 2. The highest BCUT2D eigenvalue weighted by atomic mass is 16.5. The zero-order chi connectivity index (χ0) is 26.5. The first-order valence-corrected chi connectivity index (χ1v) is 11.9. The van der Waals surface area contributed by atoms with Gasteiger partial charge in [0.25, 0.3) is 12.4 Å². The average Bonchev–Trinajstić information content (AvgIpc) is 2.86. The molecular weight excluding hydrogens is 472 g/mol. The molecule has 9 nitrogen and oxygen atoms in total. The van der Waals surface area contributed by atoms with E-state index in [0.29, 0.717) is 52.2 Å². The number of carbonyl (C=O) groups is 3. The number of fused-ring (bicyclic) bond motifs is 2. The Labute approximate surface area is 213 Å². The van der Waals surface area contributed by atoms with Crippen LogP contribution in [0.3, 0.4) is 0 Å². The molecule has 0 fully saturated rings. The summed E-state index contributed by atoms with van der Waals surface area (Å²) in [6.07, 6.45) is 1.17. The molecule has 190 valence electrons. The number of rotatable bonds is 9. The Kier molecular flexibility index (Phi) is 7.52. The highest BCUT2D eigenvalue weighted by Gasteiger charge is 2.21. The summed E-state index contributed by atoms with van der Waals surface area (Å²) in [6.45, 7) is 4.28. The topological polar surface area (TPSA) is 148 Å². The van der Waals surface area contributed by atoms with Gasteiger partial charge in [0.1, 0.15) is 17.1 Å². The monoisotopic (exact) mass is 500 g/mol. The number of benzene rings is 3. The van der Waals surface area contributed by atoms with Crippen LogP contribution in [0.4, 0.5) is 5.69 Å². The molecule has 0 aromatic heterocycles. The zero-order valence-corrected chi connectivity index (χ0v) is 20.6. The van der Waals surface area contributed by atoms with Crippen molar-refractivity contribution in [1.82, 2.24) is 10.6 Å². The van der Waals surface area contributed by atoms with Crippen molar-refractivity contribution in [2.24, 2.45) is 0 Å². The molecule has 4 rings (SSSR count). The lowest BCUT2D eigenvalue weighted by molar-refractivity contribution is -0.122. The van der Waals surface area contributed by atoms with Gasteiger partial charge in [0.15, 0.2) is 0 Å². The van der Waals surface area contributed by atoms with Crippen LogP contribution in [0.25, 0.3) is 33.4 Å². The minimum Gasteiger partial charge on any atom is -0.456 e. The summed E-state index contributed by atoms with van der Waals surface area (Å²) in [4.78, 5) is 36.0. The predicted octanol–water partition coefficient (Wildman–Crippen LogP) is 3.84. The van der Waals surface area contributed by atoms with Crippen molar-refractivity contribution in [3.05, 3.63) is 65.5 Å². The van der Waals surface area contributed by atoms with E-state index in [2.05, 4.69) is 10.6 Å². The van der Waals surface area contributed by atoms with Crippen molar-refractivity contribution in [3.63, 3.8) is 0 Å². The molecule has 1 aliphatic heterocycles. The number of ether oxygens (including phenoxy) is 1. The van der Waals surface area contributed by atoms with Crippen LogP contribution < -0.4 is 26.5 Å². The average molecular weight is 501 g/mol. The van der Waals surface area contributed by atoms with E-state index in [4.69, 9.17) is 20.3 Å². The fraction of sp³-hybridized carbons (Fsp3) is 0.214. The summed E-state index contributed by atoms with van der Waals surface area (Å²) in [5, 5.41) is 14.6. The molecule has 9 heteroatoms. The molecule has 5 N–H and O–H groups in total. The molecule has 0 spiro atoms. The number of hydrogen-bond acceptors (Lipinski definition) is 7. The van der Waals surface area contributed by atoms with Crippen LogP contribution in [0.15, 0.2) is 59.0 Å². The molecule has 1 unspecified atom stereocenters. The van der Waals surface area contributed by atoms with Gasteiger partial charge in [0.05, 0.1) is 5.36 Å². The molecule has 0 saturated heterocycles. The van der Waals surface area contributed by atoms with E-state index in [-0.39, 0.29) is 35.5 Å². The van der Waals surface area contributed by atoms with E-state index in [9.17, 15) is 14.4 Å². The normalized spacial score (nSPS) is 11.7. The third-order valence-electron chi connectivity index (χ3n) is 5.89. The SMILES string of the molecule is CCCC(=O)NC(C)CNC(=O)c1ccc(-c2c3ccc(=N)cc-3oc3cc(N)ccc23)c(OC=O)c1. The Bertz CT molecular complexity index is 1510. The largest absolute Gasteiger partial charge is 0.456 e. The van der Waals surface area contributed by atoms with Crippen molar-refractivity contribution in [1.29, 1.82) is 5.41 Å². The highest BCUT2D eigenvalue weighted by molar-refractivity contribution is 6.05. The molecule has 1 heterocycles. The number of hydrogen-bond donors (Lipinski definition) is 4. The van der Waals surface area contributed by atoms with Gasteiger partial charge in [-0.3, -0.25) is 14.4 Å². The number of nitrogen functional groups attached to an aromatic ring is 1. The fourth-order valence-corrected chi connectivity index (χ4v) is 4.19. The van der Waals surface area contributed by atoms with Gasteiger partial charge in [-0.1, -0.05) is 6.92 Å². The summed E-state index contributed by atoms with van der Waals surface area (Å²) >= 11 is 0. The quantitative estimate of drug-likeness (QED) is 0.156. The van der Waals surface area contributed by atoms with Gasteiger partial charge in [0.2, 0.25) is 5.91 Å². The first-order valence-electron chi connectivity index (χ1n) is 11.9.